The first kappa shape index (κ1) is 13.3. The second-order valence-corrected chi connectivity index (χ2v) is 4.45. The molecule has 3 nitrogen and oxygen atoms in total. The molecule has 0 bridgehead atoms. The van der Waals surface area contributed by atoms with Crippen molar-refractivity contribution in [2.75, 3.05) is 0 Å². The lowest BCUT2D eigenvalue weighted by atomic mass is 10.0. The molecular weight excluding hydrogens is 236 g/mol. The van der Waals surface area contributed by atoms with Crippen LogP contribution in [0.2, 0.25) is 0 Å². The number of hydrogen-bond acceptors (Lipinski definition) is 2. The number of benzene rings is 2. The number of carbonyl (C=O) groups is 1. The molecule has 2 rings (SSSR count). The summed E-state index contributed by atoms with van der Waals surface area (Å²) in [5.74, 6) is -0.0799. The van der Waals surface area contributed by atoms with E-state index in [0.717, 1.165) is 29.2 Å². The zero-order valence-corrected chi connectivity index (χ0v) is 11.1. The van der Waals surface area contributed by atoms with E-state index in [-0.39, 0.29) is 5.91 Å². The third kappa shape index (κ3) is 3.65. The standard InChI is InChI=1S/C16H18N2O/c1-2-3-11-17-18-16(19)12-14-9-6-8-13-7-4-5-10-15(13)14/h4-11H,2-3,12H2,1H3,(H,18,19). The average Bonchev–Trinajstić information content (AvgIpc) is 2.44. The van der Waals surface area contributed by atoms with E-state index in [9.17, 15) is 4.79 Å². The second-order valence-electron chi connectivity index (χ2n) is 4.45. The Morgan fingerprint density at radius 1 is 1.21 bits per heavy atom. The molecule has 0 saturated carbocycles. The van der Waals surface area contributed by atoms with Gasteiger partial charge in [0.1, 0.15) is 0 Å². The SMILES string of the molecule is CCCC=NNC(=O)Cc1cccc2ccccc12. The molecule has 2 aromatic rings. The number of nitrogens with one attached hydrogen (secondary N) is 1. The van der Waals surface area contributed by atoms with Crippen molar-refractivity contribution >= 4 is 22.9 Å². The zero-order valence-electron chi connectivity index (χ0n) is 11.1. The van der Waals surface area contributed by atoms with E-state index in [1.54, 1.807) is 6.21 Å². The summed E-state index contributed by atoms with van der Waals surface area (Å²) in [6.07, 6.45) is 4.00. The topological polar surface area (TPSA) is 41.5 Å². The minimum absolute atomic E-state index is 0.0799. The summed E-state index contributed by atoms with van der Waals surface area (Å²) < 4.78 is 0. The minimum atomic E-state index is -0.0799. The summed E-state index contributed by atoms with van der Waals surface area (Å²) in [5, 5.41) is 6.19. The molecule has 0 unspecified atom stereocenters. The molecule has 0 aliphatic rings. The number of rotatable bonds is 5. The van der Waals surface area contributed by atoms with Crippen molar-refractivity contribution in [3.05, 3.63) is 48.0 Å². The van der Waals surface area contributed by atoms with Gasteiger partial charge in [-0.05, 0) is 22.8 Å². The van der Waals surface area contributed by atoms with Gasteiger partial charge in [-0.1, -0.05) is 55.8 Å². The number of amides is 1. The fraction of sp³-hybridized carbons (Fsp3) is 0.250. The molecule has 2 aromatic carbocycles. The van der Waals surface area contributed by atoms with Crippen LogP contribution >= 0.6 is 0 Å². The maximum Gasteiger partial charge on any atom is 0.244 e. The highest BCUT2D eigenvalue weighted by Gasteiger charge is 2.05. The van der Waals surface area contributed by atoms with E-state index >= 15 is 0 Å². The van der Waals surface area contributed by atoms with Crippen LogP contribution in [0.4, 0.5) is 0 Å². The highest BCUT2D eigenvalue weighted by atomic mass is 16.2. The zero-order chi connectivity index (χ0) is 13.5. The van der Waals surface area contributed by atoms with Gasteiger partial charge in [-0.2, -0.15) is 5.10 Å². The van der Waals surface area contributed by atoms with E-state index in [4.69, 9.17) is 0 Å². The largest absolute Gasteiger partial charge is 0.273 e. The Balaban J connectivity index is 2.07. The molecule has 0 heterocycles. The maximum absolute atomic E-state index is 11.8. The lowest BCUT2D eigenvalue weighted by Crippen LogP contribution is -2.19. The van der Waals surface area contributed by atoms with Crippen LogP contribution in [0.5, 0.6) is 0 Å². The molecule has 0 aromatic heterocycles. The van der Waals surface area contributed by atoms with Gasteiger partial charge in [0.15, 0.2) is 0 Å². The van der Waals surface area contributed by atoms with Gasteiger partial charge in [-0.3, -0.25) is 4.79 Å². The third-order valence-corrected chi connectivity index (χ3v) is 2.93. The molecule has 0 atom stereocenters. The van der Waals surface area contributed by atoms with Gasteiger partial charge in [0, 0.05) is 6.21 Å². The van der Waals surface area contributed by atoms with Crippen molar-refractivity contribution in [1.82, 2.24) is 5.43 Å². The summed E-state index contributed by atoms with van der Waals surface area (Å²) in [6, 6.07) is 14.1. The van der Waals surface area contributed by atoms with E-state index in [1.165, 1.54) is 0 Å². The number of carbonyl (C=O) groups excluding carboxylic acids is 1. The second kappa shape index (κ2) is 6.69. The molecule has 98 valence electrons. The van der Waals surface area contributed by atoms with Gasteiger partial charge in [0.2, 0.25) is 5.91 Å². The first-order chi connectivity index (χ1) is 9.31. The minimum Gasteiger partial charge on any atom is -0.273 e. The quantitative estimate of drug-likeness (QED) is 0.645. The first-order valence-electron chi connectivity index (χ1n) is 6.58. The predicted molar refractivity (Wildman–Crippen MR) is 79.2 cm³/mol. The van der Waals surface area contributed by atoms with Crippen LogP contribution in [0.25, 0.3) is 10.8 Å². The molecule has 0 fully saturated rings. The molecule has 19 heavy (non-hydrogen) atoms. The maximum atomic E-state index is 11.8. The van der Waals surface area contributed by atoms with Crippen molar-refractivity contribution in [2.24, 2.45) is 5.10 Å². The Labute approximate surface area is 113 Å². The number of hydrogen-bond donors (Lipinski definition) is 1. The summed E-state index contributed by atoms with van der Waals surface area (Å²) in [5.41, 5.74) is 3.59. The number of unbranched alkanes of at least 4 members (excludes halogenated alkanes) is 1. The molecule has 0 radical (unpaired) electrons. The molecule has 1 N–H and O–H groups in total. The van der Waals surface area contributed by atoms with Crippen molar-refractivity contribution in [3.63, 3.8) is 0 Å². The Bertz CT molecular complexity index is 585. The van der Waals surface area contributed by atoms with Gasteiger partial charge in [-0.25, -0.2) is 5.43 Å². The van der Waals surface area contributed by atoms with Crippen molar-refractivity contribution < 1.29 is 4.79 Å². The third-order valence-electron chi connectivity index (χ3n) is 2.93. The molecule has 3 heteroatoms. The van der Waals surface area contributed by atoms with Gasteiger partial charge >= 0.3 is 0 Å². The monoisotopic (exact) mass is 254 g/mol. The smallest absolute Gasteiger partial charge is 0.244 e. The highest BCUT2D eigenvalue weighted by molar-refractivity contribution is 5.90. The lowest BCUT2D eigenvalue weighted by Gasteiger charge is -2.05. The van der Waals surface area contributed by atoms with E-state index < -0.39 is 0 Å². The van der Waals surface area contributed by atoms with Crippen LogP contribution in [0, 0.1) is 0 Å². The van der Waals surface area contributed by atoms with Crippen molar-refractivity contribution in [2.45, 2.75) is 26.2 Å². The van der Waals surface area contributed by atoms with Crippen LogP contribution in [0.15, 0.2) is 47.6 Å². The van der Waals surface area contributed by atoms with Gasteiger partial charge < -0.3 is 0 Å². The fourth-order valence-corrected chi connectivity index (χ4v) is 1.97. The Hall–Kier alpha value is -2.16. The van der Waals surface area contributed by atoms with E-state index in [0.29, 0.717) is 6.42 Å². The summed E-state index contributed by atoms with van der Waals surface area (Å²) in [4.78, 5) is 11.8. The molecule has 0 saturated heterocycles. The Morgan fingerprint density at radius 2 is 2.00 bits per heavy atom. The van der Waals surface area contributed by atoms with Crippen LogP contribution in [0.1, 0.15) is 25.3 Å². The summed E-state index contributed by atoms with van der Waals surface area (Å²) in [6.45, 7) is 2.07. The Kier molecular flexibility index (Phi) is 4.67. The van der Waals surface area contributed by atoms with Crippen LogP contribution < -0.4 is 5.43 Å². The van der Waals surface area contributed by atoms with Crippen LogP contribution in [0.3, 0.4) is 0 Å². The summed E-state index contributed by atoms with van der Waals surface area (Å²) in [7, 11) is 0. The normalized spacial score (nSPS) is 11.0. The average molecular weight is 254 g/mol. The van der Waals surface area contributed by atoms with Crippen LogP contribution in [-0.2, 0) is 11.2 Å². The van der Waals surface area contributed by atoms with Gasteiger partial charge in [-0.15, -0.1) is 0 Å². The molecule has 0 aliphatic carbocycles. The van der Waals surface area contributed by atoms with E-state index in [1.807, 2.05) is 30.3 Å². The highest BCUT2D eigenvalue weighted by Crippen LogP contribution is 2.18. The first-order valence-corrected chi connectivity index (χ1v) is 6.58. The summed E-state index contributed by atoms with van der Waals surface area (Å²) >= 11 is 0. The van der Waals surface area contributed by atoms with Gasteiger partial charge in [0.25, 0.3) is 0 Å². The number of fused-ring (bicyclic) bond motifs is 1. The van der Waals surface area contributed by atoms with Gasteiger partial charge in [0.05, 0.1) is 6.42 Å². The predicted octanol–water partition coefficient (Wildman–Crippen LogP) is 3.28. The fourth-order valence-electron chi connectivity index (χ4n) is 1.97. The van der Waals surface area contributed by atoms with E-state index in [2.05, 4.69) is 29.6 Å². The molecular formula is C16H18N2O. The van der Waals surface area contributed by atoms with Crippen molar-refractivity contribution in [3.8, 4) is 0 Å². The van der Waals surface area contributed by atoms with Crippen LogP contribution in [-0.4, -0.2) is 12.1 Å². The van der Waals surface area contributed by atoms with Crippen molar-refractivity contribution in [1.29, 1.82) is 0 Å². The number of nitrogens with zero attached hydrogens (tertiary/aromatic N) is 1. The molecule has 1 amide bonds. The Morgan fingerprint density at radius 3 is 2.84 bits per heavy atom. The molecule has 0 aliphatic heterocycles. The number of hydrazone groups is 1. The lowest BCUT2D eigenvalue weighted by molar-refractivity contribution is -0.120. The molecule has 0 spiro atoms.